The van der Waals surface area contributed by atoms with Crippen LogP contribution >= 0.6 is 11.6 Å². The lowest BCUT2D eigenvalue weighted by Crippen LogP contribution is -2.50. The van der Waals surface area contributed by atoms with Crippen molar-refractivity contribution in [2.45, 2.75) is 19.9 Å². The Hall–Kier alpha value is -2.59. The van der Waals surface area contributed by atoms with E-state index in [9.17, 15) is 9.59 Å². The lowest BCUT2D eigenvalue weighted by molar-refractivity contribution is 0.0905. The van der Waals surface area contributed by atoms with Crippen molar-refractivity contribution in [3.8, 4) is 0 Å². The highest BCUT2D eigenvalue weighted by molar-refractivity contribution is 6.30. The summed E-state index contributed by atoms with van der Waals surface area (Å²) >= 11 is 5.91. The summed E-state index contributed by atoms with van der Waals surface area (Å²) in [6, 6.07) is 11.9. The van der Waals surface area contributed by atoms with Gasteiger partial charge in [-0.1, -0.05) is 41.9 Å². The van der Waals surface area contributed by atoms with Crippen molar-refractivity contribution < 1.29 is 9.59 Å². The Bertz CT molecular complexity index is 858. The minimum Gasteiger partial charge on any atom is -0.330 e. The lowest BCUT2D eigenvalue weighted by Gasteiger charge is -2.34. The van der Waals surface area contributed by atoms with E-state index in [0.717, 1.165) is 16.7 Å². The van der Waals surface area contributed by atoms with Crippen molar-refractivity contribution in [3.05, 3.63) is 82.0 Å². The monoisotopic (exact) mass is 354 g/mol. The van der Waals surface area contributed by atoms with Gasteiger partial charge in [-0.15, -0.1) is 0 Å². The first-order valence-electron chi connectivity index (χ1n) is 8.00. The number of hydrogen-bond donors (Lipinski definition) is 2. The summed E-state index contributed by atoms with van der Waals surface area (Å²) in [5.74, 6) is -0.709. The van der Waals surface area contributed by atoms with Crippen molar-refractivity contribution in [1.29, 1.82) is 0 Å². The van der Waals surface area contributed by atoms with E-state index in [1.165, 1.54) is 0 Å². The van der Waals surface area contributed by atoms with Crippen LogP contribution in [0.2, 0.25) is 5.02 Å². The summed E-state index contributed by atoms with van der Waals surface area (Å²) in [5.41, 5.74) is 3.93. The molecule has 2 amide bonds. The van der Waals surface area contributed by atoms with E-state index in [1.54, 1.807) is 24.3 Å². The van der Waals surface area contributed by atoms with E-state index >= 15 is 0 Å². The van der Waals surface area contributed by atoms with Crippen LogP contribution in [0.25, 0.3) is 0 Å². The molecule has 1 saturated heterocycles. The van der Waals surface area contributed by atoms with Crippen molar-refractivity contribution >= 4 is 23.4 Å². The van der Waals surface area contributed by atoms with Crippen molar-refractivity contribution in [3.63, 3.8) is 0 Å². The number of ketones is 1. The Morgan fingerprint density at radius 3 is 2.48 bits per heavy atom. The van der Waals surface area contributed by atoms with Gasteiger partial charge in [0.1, 0.15) is 0 Å². The molecule has 1 aliphatic heterocycles. The molecule has 0 bridgehead atoms. The van der Waals surface area contributed by atoms with E-state index in [-0.39, 0.29) is 11.8 Å². The van der Waals surface area contributed by atoms with Crippen LogP contribution in [0.1, 0.15) is 33.1 Å². The second kappa shape index (κ2) is 6.73. The van der Waals surface area contributed by atoms with Gasteiger partial charge in [0.05, 0.1) is 12.0 Å². The molecule has 0 unspecified atom stereocenters. The maximum Gasteiger partial charge on any atom is 0.319 e. The van der Waals surface area contributed by atoms with Crippen LogP contribution in [-0.4, -0.2) is 11.8 Å². The minimum atomic E-state index is -0.598. The van der Waals surface area contributed by atoms with Crippen molar-refractivity contribution in [2.75, 3.05) is 0 Å². The maximum absolute atomic E-state index is 13.1. The number of benzene rings is 2. The average Bonchev–Trinajstić information content (AvgIpc) is 2.56. The smallest absolute Gasteiger partial charge is 0.319 e. The van der Waals surface area contributed by atoms with Crippen LogP contribution in [0.4, 0.5) is 4.79 Å². The van der Waals surface area contributed by atoms with Gasteiger partial charge in [-0.25, -0.2) is 4.79 Å². The number of carbonyl (C=O) groups excluding carboxylic acids is 2. The molecule has 0 radical (unpaired) electrons. The van der Waals surface area contributed by atoms with Crippen molar-refractivity contribution in [1.82, 2.24) is 10.6 Å². The standard InChI is InChI=1S/C20H19ClN2O2/c1-11-4-5-12(2)16(10-11)18-17(13(3)22-20(25)23-18)19(24)14-6-8-15(21)9-7-14/h4-10,17-18H,3H2,1-2H3,(H2,22,23,25)/t17-,18+/m0/s1. The fraction of sp³-hybridized carbons (Fsp3) is 0.200. The number of urea groups is 1. The van der Waals surface area contributed by atoms with Gasteiger partial charge in [-0.2, -0.15) is 0 Å². The summed E-state index contributed by atoms with van der Waals surface area (Å²) in [6.45, 7) is 7.87. The summed E-state index contributed by atoms with van der Waals surface area (Å²) in [6.07, 6.45) is 0. The Balaban J connectivity index is 2.05. The Labute approximate surface area is 151 Å². The molecule has 0 spiro atoms. The number of Topliss-reactive ketones (excluding diaryl/α,β-unsaturated/α-hetero) is 1. The highest BCUT2D eigenvalue weighted by Crippen LogP contribution is 2.34. The number of rotatable bonds is 3. The van der Waals surface area contributed by atoms with Crippen LogP contribution in [0.15, 0.2) is 54.7 Å². The number of nitrogens with one attached hydrogen (secondary N) is 2. The second-order valence-corrected chi connectivity index (χ2v) is 6.75. The van der Waals surface area contributed by atoms with Gasteiger partial charge in [0.15, 0.2) is 5.78 Å². The third kappa shape index (κ3) is 3.44. The molecule has 1 heterocycles. The third-order valence-electron chi connectivity index (χ3n) is 4.45. The highest BCUT2D eigenvalue weighted by atomic mass is 35.5. The molecular formula is C20H19ClN2O2. The molecule has 2 aromatic carbocycles. The topological polar surface area (TPSA) is 58.2 Å². The molecule has 0 aliphatic carbocycles. The first-order valence-corrected chi connectivity index (χ1v) is 8.38. The quantitative estimate of drug-likeness (QED) is 0.806. The number of halogens is 1. The van der Waals surface area contributed by atoms with Gasteiger partial charge in [0, 0.05) is 16.3 Å². The normalized spacial score (nSPS) is 20.0. The SMILES string of the molecule is C=C1NC(=O)N[C@H](c2cc(C)ccc2C)[C@H]1C(=O)c1ccc(Cl)cc1. The number of hydrogen-bond acceptors (Lipinski definition) is 2. The molecule has 0 saturated carbocycles. The van der Waals surface area contributed by atoms with Crippen LogP contribution in [0.5, 0.6) is 0 Å². The molecule has 1 aliphatic rings. The lowest BCUT2D eigenvalue weighted by atomic mass is 9.81. The predicted octanol–water partition coefficient (Wildman–Crippen LogP) is 4.32. The largest absolute Gasteiger partial charge is 0.330 e. The van der Waals surface area contributed by atoms with Crippen molar-refractivity contribution in [2.24, 2.45) is 5.92 Å². The molecule has 128 valence electrons. The van der Waals surface area contributed by atoms with Crippen LogP contribution in [0.3, 0.4) is 0 Å². The molecule has 3 rings (SSSR count). The van der Waals surface area contributed by atoms with Gasteiger partial charge in [-0.05, 0) is 49.2 Å². The third-order valence-corrected chi connectivity index (χ3v) is 4.70. The number of carbonyl (C=O) groups is 2. The van der Waals surface area contributed by atoms with Crippen LogP contribution in [0, 0.1) is 19.8 Å². The summed E-state index contributed by atoms with van der Waals surface area (Å²) in [5, 5.41) is 6.09. The molecule has 4 nitrogen and oxygen atoms in total. The average molecular weight is 355 g/mol. The second-order valence-electron chi connectivity index (χ2n) is 6.31. The zero-order valence-corrected chi connectivity index (χ0v) is 14.9. The Morgan fingerprint density at radius 1 is 1.12 bits per heavy atom. The molecule has 2 N–H and O–H groups in total. The molecule has 25 heavy (non-hydrogen) atoms. The first kappa shape index (κ1) is 17.2. The predicted molar refractivity (Wildman–Crippen MR) is 98.7 cm³/mol. The van der Waals surface area contributed by atoms with E-state index in [2.05, 4.69) is 17.2 Å². The molecule has 2 aromatic rings. The van der Waals surface area contributed by atoms with Crippen LogP contribution in [-0.2, 0) is 0 Å². The van der Waals surface area contributed by atoms with Gasteiger partial charge < -0.3 is 10.6 Å². The zero-order chi connectivity index (χ0) is 18.1. The maximum atomic E-state index is 13.1. The number of amides is 2. The van der Waals surface area contributed by atoms with E-state index in [0.29, 0.717) is 16.3 Å². The summed E-state index contributed by atoms with van der Waals surface area (Å²) in [4.78, 5) is 25.1. The summed E-state index contributed by atoms with van der Waals surface area (Å²) < 4.78 is 0. The first-order chi connectivity index (χ1) is 11.9. The molecule has 0 aromatic heterocycles. The zero-order valence-electron chi connectivity index (χ0n) is 14.1. The summed E-state index contributed by atoms with van der Waals surface area (Å²) in [7, 11) is 0. The molecular weight excluding hydrogens is 336 g/mol. The van der Waals surface area contributed by atoms with E-state index in [1.807, 2.05) is 32.0 Å². The minimum absolute atomic E-state index is 0.111. The highest BCUT2D eigenvalue weighted by Gasteiger charge is 2.38. The van der Waals surface area contributed by atoms with Gasteiger partial charge in [0.25, 0.3) is 0 Å². The Kier molecular flexibility index (Phi) is 4.64. The number of aryl methyl sites for hydroxylation is 2. The van der Waals surface area contributed by atoms with E-state index < -0.39 is 12.0 Å². The molecule has 1 fully saturated rings. The Morgan fingerprint density at radius 2 is 1.80 bits per heavy atom. The van der Waals surface area contributed by atoms with Gasteiger partial charge in [0.2, 0.25) is 0 Å². The van der Waals surface area contributed by atoms with Gasteiger partial charge in [-0.3, -0.25) is 4.79 Å². The fourth-order valence-electron chi connectivity index (χ4n) is 3.14. The van der Waals surface area contributed by atoms with E-state index in [4.69, 9.17) is 11.6 Å². The molecule has 5 heteroatoms. The van der Waals surface area contributed by atoms with Crippen LogP contribution < -0.4 is 10.6 Å². The molecule has 2 atom stereocenters. The fourth-order valence-corrected chi connectivity index (χ4v) is 3.27. The van der Waals surface area contributed by atoms with Gasteiger partial charge >= 0.3 is 6.03 Å².